The number of nitrogens with one attached hydrogen (secondary N) is 2. The van der Waals surface area contributed by atoms with E-state index in [4.69, 9.17) is 4.74 Å². The number of ether oxygens (including phenoxy) is 1. The van der Waals surface area contributed by atoms with E-state index in [2.05, 4.69) is 30.5 Å². The molecule has 3 aromatic rings. The first kappa shape index (κ1) is 23.4. The predicted octanol–water partition coefficient (Wildman–Crippen LogP) is 3.42. The maximum Gasteiger partial charge on any atom is 0.451 e. The summed E-state index contributed by atoms with van der Waals surface area (Å²) in [6.07, 6.45) is -0.0992. The van der Waals surface area contributed by atoms with Crippen LogP contribution in [0.2, 0.25) is 0 Å². The van der Waals surface area contributed by atoms with Crippen LogP contribution in [0.1, 0.15) is 40.6 Å². The minimum absolute atomic E-state index is 0.176. The Morgan fingerprint density at radius 3 is 2.54 bits per heavy atom. The Morgan fingerprint density at radius 2 is 1.86 bits per heavy atom. The van der Waals surface area contributed by atoms with Gasteiger partial charge in [0.05, 0.1) is 30.3 Å². The van der Waals surface area contributed by atoms with Crippen molar-refractivity contribution >= 4 is 22.6 Å². The zero-order valence-electron chi connectivity index (χ0n) is 18.9. The molecule has 35 heavy (non-hydrogen) atoms. The molecule has 2 aromatic heterocycles. The third-order valence-electron chi connectivity index (χ3n) is 6.14. The smallest absolute Gasteiger partial charge is 0.379 e. The van der Waals surface area contributed by atoms with Gasteiger partial charge >= 0.3 is 6.18 Å². The molecular weight excluding hydrogens is 461 g/mol. The fourth-order valence-electron chi connectivity index (χ4n) is 4.16. The Labute approximate surface area is 199 Å². The quantitative estimate of drug-likeness (QED) is 0.529. The summed E-state index contributed by atoms with van der Waals surface area (Å²) in [4.78, 5) is 27.0. The van der Waals surface area contributed by atoms with Gasteiger partial charge in [0.15, 0.2) is 0 Å². The lowest BCUT2D eigenvalue weighted by atomic mass is 10.1. The number of morpholine rings is 1. The second-order valence-electron chi connectivity index (χ2n) is 8.70. The molecule has 2 N–H and O–H groups in total. The van der Waals surface area contributed by atoms with E-state index in [1.807, 2.05) is 24.3 Å². The molecule has 0 radical (unpaired) electrons. The lowest BCUT2D eigenvalue weighted by Crippen LogP contribution is -2.44. The molecule has 11 heteroatoms. The number of halogens is 3. The number of para-hydroxylation sites is 1. The van der Waals surface area contributed by atoms with Crippen molar-refractivity contribution in [3.05, 3.63) is 59.7 Å². The minimum Gasteiger partial charge on any atom is -0.379 e. The highest BCUT2D eigenvalue weighted by molar-refractivity contribution is 6.07. The molecular formula is C24H25F3N6O2. The van der Waals surface area contributed by atoms with Gasteiger partial charge in [-0.15, -0.1) is 0 Å². The zero-order chi connectivity index (χ0) is 24.4. The van der Waals surface area contributed by atoms with Crippen LogP contribution in [0.5, 0.6) is 0 Å². The maximum atomic E-state index is 13.3. The Kier molecular flexibility index (Phi) is 6.52. The van der Waals surface area contributed by atoms with Gasteiger partial charge in [-0.3, -0.25) is 9.69 Å². The van der Waals surface area contributed by atoms with Crippen molar-refractivity contribution in [2.45, 2.75) is 31.1 Å². The summed E-state index contributed by atoms with van der Waals surface area (Å²) < 4.78 is 44.2. The second-order valence-corrected chi connectivity index (χ2v) is 8.70. The molecule has 1 atom stereocenters. The van der Waals surface area contributed by atoms with E-state index in [0.29, 0.717) is 54.8 Å². The molecule has 0 bridgehead atoms. The van der Waals surface area contributed by atoms with Gasteiger partial charge < -0.3 is 15.4 Å². The number of anilines is 1. The lowest BCUT2D eigenvalue weighted by Gasteiger charge is -2.34. The summed E-state index contributed by atoms with van der Waals surface area (Å²) in [5.41, 5.74) is 1.70. The predicted molar refractivity (Wildman–Crippen MR) is 123 cm³/mol. The normalized spacial score (nSPS) is 17.8. The molecule has 1 aliphatic heterocycles. The lowest BCUT2D eigenvalue weighted by molar-refractivity contribution is -0.145. The van der Waals surface area contributed by atoms with Crippen molar-refractivity contribution in [2.75, 3.05) is 38.2 Å². The monoisotopic (exact) mass is 486 g/mol. The van der Waals surface area contributed by atoms with Crippen LogP contribution in [0.15, 0.2) is 42.7 Å². The number of rotatable bonds is 7. The van der Waals surface area contributed by atoms with E-state index < -0.39 is 18.0 Å². The molecule has 184 valence electrons. The van der Waals surface area contributed by atoms with Gasteiger partial charge in [0, 0.05) is 49.0 Å². The molecule has 1 amide bonds. The number of carbonyl (C=O) groups excluding carboxylic acids is 1. The molecule has 1 saturated carbocycles. The van der Waals surface area contributed by atoms with Gasteiger partial charge in [-0.1, -0.05) is 18.2 Å². The van der Waals surface area contributed by atoms with Crippen LogP contribution in [0, 0.1) is 0 Å². The van der Waals surface area contributed by atoms with Crippen molar-refractivity contribution in [3.63, 3.8) is 0 Å². The third kappa shape index (κ3) is 5.51. The number of benzene rings is 1. The highest BCUT2D eigenvalue weighted by atomic mass is 19.4. The van der Waals surface area contributed by atoms with E-state index in [1.54, 1.807) is 6.07 Å². The van der Waals surface area contributed by atoms with Gasteiger partial charge in [-0.2, -0.15) is 13.2 Å². The number of pyridine rings is 1. The van der Waals surface area contributed by atoms with E-state index in [-0.39, 0.29) is 12.5 Å². The number of amides is 1. The second kappa shape index (κ2) is 9.74. The highest BCUT2D eigenvalue weighted by Gasteiger charge is 2.35. The van der Waals surface area contributed by atoms with Gasteiger partial charge in [0.2, 0.25) is 5.82 Å². The number of hydrogen-bond acceptors (Lipinski definition) is 7. The van der Waals surface area contributed by atoms with Crippen molar-refractivity contribution in [3.8, 4) is 0 Å². The van der Waals surface area contributed by atoms with Crippen molar-refractivity contribution in [1.29, 1.82) is 0 Å². The molecule has 8 nitrogen and oxygen atoms in total. The average Bonchev–Trinajstić information content (AvgIpc) is 3.68. The van der Waals surface area contributed by atoms with Gasteiger partial charge in [-0.25, -0.2) is 15.0 Å². The fourth-order valence-corrected chi connectivity index (χ4v) is 4.16. The van der Waals surface area contributed by atoms with Gasteiger partial charge in [0.1, 0.15) is 5.82 Å². The first-order chi connectivity index (χ1) is 16.9. The Morgan fingerprint density at radius 1 is 1.14 bits per heavy atom. The number of aromatic nitrogens is 3. The Balaban J connectivity index is 1.38. The van der Waals surface area contributed by atoms with E-state index in [0.717, 1.165) is 18.2 Å². The Hall–Kier alpha value is -3.31. The van der Waals surface area contributed by atoms with Crippen LogP contribution in [0.3, 0.4) is 0 Å². The Bertz CT molecular complexity index is 1190. The molecule has 2 aliphatic rings. The zero-order valence-corrected chi connectivity index (χ0v) is 18.9. The summed E-state index contributed by atoms with van der Waals surface area (Å²) in [7, 11) is 0. The van der Waals surface area contributed by atoms with Crippen LogP contribution < -0.4 is 10.6 Å². The number of fused-ring (bicyclic) bond motifs is 1. The average molecular weight is 486 g/mol. The fraction of sp³-hybridized carbons (Fsp3) is 0.417. The number of alkyl halides is 3. The van der Waals surface area contributed by atoms with E-state index in [1.165, 1.54) is 12.4 Å². The van der Waals surface area contributed by atoms with Gasteiger partial charge in [-0.05, 0) is 25.0 Å². The summed E-state index contributed by atoms with van der Waals surface area (Å²) in [5, 5.41) is 7.04. The highest BCUT2D eigenvalue weighted by Crippen LogP contribution is 2.29. The van der Waals surface area contributed by atoms with Crippen LogP contribution in [0.4, 0.5) is 19.0 Å². The molecule has 1 aromatic carbocycles. The molecule has 1 unspecified atom stereocenters. The van der Waals surface area contributed by atoms with Crippen molar-refractivity contribution in [1.82, 2.24) is 25.2 Å². The molecule has 5 rings (SSSR count). The third-order valence-corrected chi connectivity index (χ3v) is 6.14. The molecule has 3 heterocycles. The topological polar surface area (TPSA) is 92.3 Å². The van der Waals surface area contributed by atoms with Crippen molar-refractivity contribution < 1.29 is 22.7 Å². The SMILES string of the molecule is O=C(NCC(c1cnc(C(F)(F)F)nc1)N1CCOCC1)c1cc(NC2CC2)nc2ccccc12. The molecule has 2 fully saturated rings. The first-order valence-corrected chi connectivity index (χ1v) is 11.5. The van der Waals surface area contributed by atoms with E-state index >= 15 is 0 Å². The molecule has 1 saturated heterocycles. The maximum absolute atomic E-state index is 13.3. The summed E-state index contributed by atoms with van der Waals surface area (Å²) >= 11 is 0. The summed E-state index contributed by atoms with van der Waals surface area (Å²) in [6, 6.07) is 9.16. The number of hydrogen-bond donors (Lipinski definition) is 2. The van der Waals surface area contributed by atoms with Crippen molar-refractivity contribution in [2.24, 2.45) is 0 Å². The number of carbonyl (C=O) groups is 1. The van der Waals surface area contributed by atoms with Crippen LogP contribution in [-0.2, 0) is 10.9 Å². The molecule has 0 spiro atoms. The van der Waals surface area contributed by atoms with Crippen LogP contribution >= 0.6 is 0 Å². The number of nitrogens with zero attached hydrogens (tertiary/aromatic N) is 4. The van der Waals surface area contributed by atoms with Crippen LogP contribution in [-0.4, -0.2) is 64.6 Å². The summed E-state index contributed by atoms with van der Waals surface area (Å²) in [6.45, 7) is 2.33. The summed E-state index contributed by atoms with van der Waals surface area (Å²) in [5.74, 6) is -0.823. The van der Waals surface area contributed by atoms with Crippen LogP contribution in [0.25, 0.3) is 10.9 Å². The standard InChI is InChI=1S/C24H25F3N6O2/c25-24(26,27)23-29-12-15(13-30-23)20(33-7-9-35-10-8-33)14-28-22(34)18-11-21(31-16-5-6-16)32-19-4-2-1-3-17(18)19/h1-4,11-13,16,20H,5-10,14H2,(H,28,34)(H,31,32). The minimum atomic E-state index is -4.62. The largest absolute Gasteiger partial charge is 0.451 e. The molecule has 1 aliphatic carbocycles. The van der Waals surface area contributed by atoms with E-state index in [9.17, 15) is 18.0 Å². The van der Waals surface area contributed by atoms with Gasteiger partial charge in [0.25, 0.3) is 5.91 Å². The first-order valence-electron chi connectivity index (χ1n) is 11.5.